The van der Waals surface area contributed by atoms with E-state index in [0.717, 1.165) is 70.4 Å². The Labute approximate surface area is 200 Å². The number of quaternary nitrogens is 1. The number of ether oxygens (including phenoxy) is 4. The fraction of sp³-hybridized carbons (Fsp3) is 0.885. The molecule has 6 atom stereocenters. The molecule has 0 amide bonds. The Balaban J connectivity index is 1.02. The molecule has 6 aliphatic carbocycles. The van der Waals surface area contributed by atoms with Crippen LogP contribution in [0.4, 0.5) is 0 Å². The van der Waals surface area contributed by atoms with Crippen molar-refractivity contribution in [2.45, 2.75) is 50.7 Å². The van der Waals surface area contributed by atoms with Crippen LogP contribution in [0.2, 0.25) is 0 Å². The van der Waals surface area contributed by atoms with Crippen molar-refractivity contribution in [2.24, 2.45) is 53.3 Å². The predicted molar refractivity (Wildman–Crippen MR) is 116 cm³/mol. The molecule has 34 heavy (non-hydrogen) atoms. The van der Waals surface area contributed by atoms with Crippen LogP contribution in [0.3, 0.4) is 0 Å². The summed E-state index contributed by atoms with van der Waals surface area (Å²) in [6, 6.07) is 0. The van der Waals surface area contributed by atoms with Gasteiger partial charge in [0.1, 0.15) is 38.4 Å². The number of hydrogen-bond acceptors (Lipinski definition) is 7. The predicted octanol–water partition coefficient (Wildman–Crippen LogP) is 0.236. The molecule has 0 spiro atoms. The third kappa shape index (κ3) is 3.34. The summed E-state index contributed by atoms with van der Waals surface area (Å²) < 4.78 is 22.9. The first kappa shape index (κ1) is 21.6. The molecule has 186 valence electrons. The van der Waals surface area contributed by atoms with Gasteiger partial charge in [0.05, 0.1) is 31.0 Å². The van der Waals surface area contributed by atoms with Crippen molar-refractivity contribution in [3.05, 3.63) is 0 Å². The highest BCUT2D eigenvalue weighted by Gasteiger charge is 2.70. The minimum atomic E-state index is -0.549. The van der Waals surface area contributed by atoms with Gasteiger partial charge in [-0.1, -0.05) is 0 Å². The molecule has 8 rings (SSSR count). The fourth-order valence-electron chi connectivity index (χ4n) is 9.29. The molecule has 1 N–H and O–H groups in total. The van der Waals surface area contributed by atoms with Gasteiger partial charge >= 0.3 is 17.9 Å². The van der Waals surface area contributed by atoms with Crippen LogP contribution >= 0.6 is 0 Å². The molecule has 8 fully saturated rings. The van der Waals surface area contributed by atoms with E-state index in [1.54, 1.807) is 0 Å². The van der Waals surface area contributed by atoms with Gasteiger partial charge in [0.15, 0.2) is 0 Å². The quantitative estimate of drug-likeness (QED) is 0.435. The second-order valence-electron chi connectivity index (χ2n) is 12.2. The minimum absolute atomic E-state index is 0.0123. The number of hydrogen-bond donors (Lipinski definition) is 1. The average molecular weight is 475 g/mol. The van der Waals surface area contributed by atoms with Crippen molar-refractivity contribution in [2.75, 3.05) is 39.5 Å². The highest BCUT2D eigenvalue weighted by atomic mass is 16.6. The minimum Gasteiger partial charge on any atom is -0.459 e. The molecule has 6 bridgehead atoms. The average Bonchev–Trinajstić information content (AvgIpc) is 3.43. The number of nitrogens with one attached hydrogen (secondary N) is 1. The molecule has 8 nitrogen and oxygen atoms in total. The zero-order chi connectivity index (χ0) is 23.0. The Morgan fingerprint density at radius 3 is 2.29 bits per heavy atom. The molecule has 0 aromatic rings. The molecule has 0 radical (unpaired) electrons. The maximum atomic E-state index is 13.5. The van der Waals surface area contributed by atoms with Crippen molar-refractivity contribution in [1.82, 2.24) is 0 Å². The van der Waals surface area contributed by atoms with Crippen LogP contribution in [0, 0.1) is 53.3 Å². The Morgan fingerprint density at radius 1 is 0.882 bits per heavy atom. The SMILES string of the molecule is O=C(OC1C2CC3C1OC(=O)C3C2C(=O)OCC[NH+]1CCOCC1)C1C2CC3CC(C2)CC1C3. The number of esters is 3. The van der Waals surface area contributed by atoms with Crippen LogP contribution in [0.5, 0.6) is 0 Å². The van der Waals surface area contributed by atoms with Crippen molar-refractivity contribution in [3.63, 3.8) is 0 Å². The van der Waals surface area contributed by atoms with Crippen molar-refractivity contribution < 1.29 is 38.2 Å². The molecule has 2 heterocycles. The third-order valence-corrected chi connectivity index (χ3v) is 10.5. The summed E-state index contributed by atoms with van der Waals surface area (Å²) in [5.74, 6) is 0.552. The van der Waals surface area contributed by atoms with Crippen molar-refractivity contribution in [3.8, 4) is 0 Å². The van der Waals surface area contributed by atoms with Gasteiger partial charge in [0.2, 0.25) is 0 Å². The van der Waals surface area contributed by atoms with E-state index in [4.69, 9.17) is 18.9 Å². The molecule has 8 aliphatic rings. The van der Waals surface area contributed by atoms with Crippen LogP contribution in [-0.4, -0.2) is 69.6 Å². The van der Waals surface area contributed by atoms with Crippen LogP contribution < -0.4 is 4.90 Å². The number of carbonyl (C=O) groups is 3. The van der Waals surface area contributed by atoms with Crippen LogP contribution in [0.15, 0.2) is 0 Å². The van der Waals surface area contributed by atoms with Crippen LogP contribution in [0.25, 0.3) is 0 Å². The molecule has 6 saturated carbocycles. The van der Waals surface area contributed by atoms with E-state index < -0.39 is 17.9 Å². The van der Waals surface area contributed by atoms with E-state index in [1.165, 1.54) is 11.3 Å². The zero-order valence-electron chi connectivity index (χ0n) is 19.7. The largest absolute Gasteiger partial charge is 0.459 e. The van der Waals surface area contributed by atoms with Gasteiger partial charge in [-0.25, -0.2) is 0 Å². The van der Waals surface area contributed by atoms with E-state index in [9.17, 15) is 14.4 Å². The van der Waals surface area contributed by atoms with Crippen LogP contribution in [-0.2, 0) is 33.3 Å². The molecule has 2 saturated heterocycles. The molecule has 6 unspecified atom stereocenters. The second-order valence-corrected chi connectivity index (χ2v) is 12.2. The molecule has 0 aromatic heterocycles. The number of carbonyl (C=O) groups excluding carboxylic acids is 3. The molecule has 2 aliphatic heterocycles. The van der Waals surface area contributed by atoms with Crippen molar-refractivity contribution in [1.29, 1.82) is 0 Å². The Bertz CT molecular complexity index is 841. The molecular formula is C26H36NO7+. The zero-order valence-corrected chi connectivity index (χ0v) is 19.7. The molecule has 0 aromatic carbocycles. The van der Waals surface area contributed by atoms with E-state index in [1.807, 2.05) is 0 Å². The highest BCUT2D eigenvalue weighted by molar-refractivity contribution is 5.86. The Hall–Kier alpha value is -1.67. The summed E-state index contributed by atoms with van der Waals surface area (Å²) in [6.45, 7) is 4.41. The number of fused-ring (bicyclic) bond motifs is 1. The van der Waals surface area contributed by atoms with Gasteiger partial charge in [-0.05, 0) is 62.2 Å². The first-order chi connectivity index (χ1) is 16.6. The van der Waals surface area contributed by atoms with Gasteiger partial charge in [0.25, 0.3) is 0 Å². The third-order valence-electron chi connectivity index (χ3n) is 10.5. The smallest absolute Gasteiger partial charge is 0.310 e. The van der Waals surface area contributed by atoms with Gasteiger partial charge in [0, 0.05) is 11.8 Å². The summed E-state index contributed by atoms with van der Waals surface area (Å²) in [4.78, 5) is 40.6. The maximum absolute atomic E-state index is 13.5. The lowest BCUT2D eigenvalue weighted by Crippen LogP contribution is -3.14. The van der Waals surface area contributed by atoms with Gasteiger partial charge in [-0.15, -0.1) is 0 Å². The van der Waals surface area contributed by atoms with Crippen LogP contribution in [0.1, 0.15) is 38.5 Å². The lowest BCUT2D eigenvalue weighted by molar-refractivity contribution is -0.908. The number of rotatable bonds is 6. The first-order valence-corrected chi connectivity index (χ1v) is 13.6. The monoisotopic (exact) mass is 474 g/mol. The van der Waals surface area contributed by atoms with E-state index >= 15 is 0 Å². The fourth-order valence-corrected chi connectivity index (χ4v) is 9.29. The summed E-state index contributed by atoms with van der Waals surface area (Å²) >= 11 is 0. The second kappa shape index (κ2) is 8.19. The normalized spacial score (nSPS) is 48.2. The van der Waals surface area contributed by atoms with Gasteiger partial charge in [-0.2, -0.15) is 0 Å². The standard InChI is InChI=1S/C26H35NO7/c28-24(32-6-3-27-1-4-31-5-2-27)20-17-12-18-21(20)26(30)34-23(18)22(17)33-25(29)19-15-8-13-7-14(10-15)11-16(19)9-13/h13-23H,1-12H2/p+1. The van der Waals surface area contributed by atoms with E-state index in [0.29, 0.717) is 24.9 Å². The van der Waals surface area contributed by atoms with Crippen molar-refractivity contribution >= 4 is 17.9 Å². The van der Waals surface area contributed by atoms with Gasteiger partial charge in [-0.3, -0.25) is 14.4 Å². The first-order valence-electron chi connectivity index (χ1n) is 13.6. The summed E-state index contributed by atoms with van der Waals surface area (Å²) in [6.07, 6.45) is 5.79. The Kier molecular flexibility index (Phi) is 5.20. The van der Waals surface area contributed by atoms with Gasteiger partial charge < -0.3 is 23.8 Å². The molecular weight excluding hydrogens is 438 g/mol. The summed E-state index contributed by atoms with van der Waals surface area (Å²) in [7, 11) is 0. The molecule has 8 heteroatoms. The Morgan fingerprint density at radius 2 is 1.59 bits per heavy atom. The van der Waals surface area contributed by atoms with E-state index in [2.05, 4.69) is 0 Å². The lowest BCUT2D eigenvalue weighted by Gasteiger charge is -2.53. The highest BCUT2D eigenvalue weighted by Crippen LogP contribution is 2.60. The lowest BCUT2D eigenvalue weighted by atomic mass is 9.52. The number of morpholine rings is 1. The maximum Gasteiger partial charge on any atom is 0.310 e. The summed E-state index contributed by atoms with van der Waals surface area (Å²) in [5, 5.41) is 0. The van der Waals surface area contributed by atoms with E-state index in [-0.39, 0.29) is 41.8 Å². The summed E-state index contributed by atoms with van der Waals surface area (Å²) in [5.41, 5.74) is 0. The topological polar surface area (TPSA) is 92.6 Å².